The van der Waals surface area contributed by atoms with Gasteiger partial charge in [0.2, 0.25) is 0 Å². The van der Waals surface area contributed by atoms with Crippen LogP contribution in [0.25, 0.3) is 0 Å². The van der Waals surface area contributed by atoms with Gasteiger partial charge in [-0.25, -0.2) is 0 Å². The van der Waals surface area contributed by atoms with E-state index in [0.29, 0.717) is 6.54 Å². The molecule has 0 aliphatic rings. The number of halogens is 3. The molecule has 0 amide bonds. The maximum absolute atomic E-state index is 7.75. The molecule has 0 radical (unpaired) electrons. The topological polar surface area (TPSA) is 46.2 Å². The van der Waals surface area contributed by atoms with Gasteiger partial charge in [0.1, 0.15) is 0 Å². The molecule has 0 unspecified atom stereocenters. The first-order valence-electron chi connectivity index (χ1n) is 1.22. The van der Waals surface area contributed by atoms with Gasteiger partial charge < -0.3 is 35.7 Å². The van der Waals surface area contributed by atoms with E-state index in [2.05, 4.69) is 0 Å². The second-order valence-corrected chi connectivity index (χ2v) is 0.512. The predicted octanol–water partition coefficient (Wildman–Crippen LogP) is -7.01. The summed E-state index contributed by atoms with van der Waals surface area (Å²) in [5.41, 5.74) is 4.78. The van der Waals surface area contributed by atoms with Crippen LogP contribution in [0.3, 0.4) is 0 Å². The van der Waals surface area contributed by atoms with Crippen LogP contribution < -0.4 is 30.5 Å². The van der Waals surface area contributed by atoms with Crippen molar-refractivity contribution in [3.05, 3.63) is 0 Å². The number of aliphatic hydroxyl groups is 1. The molecule has 6 heteroatoms. The fraction of sp³-hybridized carbons (Fsp3) is 1.00. The Hall–Kier alpha value is 2.05. The molecular weight excluding hydrogens is 200 g/mol. The largest absolute Gasteiger partial charge is 2.00 e. The van der Waals surface area contributed by atoms with Gasteiger partial charge in [-0.2, -0.15) is 0 Å². The van der Waals surface area contributed by atoms with Crippen LogP contribution in [0.5, 0.6) is 0 Å². The summed E-state index contributed by atoms with van der Waals surface area (Å²) in [6.45, 7) is 0.472. The Bertz CT molecular complexity index is 19.2. The molecule has 0 aromatic rings. The van der Waals surface area contributed by atoms with Gasteiger partial charge in [0.25, 0.3) is 0 Å². The summed E-state index contributed by atoms with van der Waals surface area (Å²) in [4.78, 5) is 0. The SMILES string of the molecule is Cl.NCCO.[Ca+2].[Cl-].[Cl-]. The van der Waals surface area contributed by atoms with Crippen molar-refractivity contribution in [1.82, 2.24) is 0 Å². The van der Waals surface area contributed by atoms with Crippen molar-refractivity contribution in [2.45, 2.75) is 0 Å². The third kappa shape index (κ3) is 43.0. The molecule has 0 aliphatic heterocycles. The average Bonchev–Trinajstić information content (AvgIpc) is 1.37. The summed E-state index contributed by atoms with van der Waals surface area (Å²) >= 11 is 0. The van der Waals surface area contributed by atoms with Gasteiger partial charge in [-0.1, -0.05) is 0 Å². The zero-order chi connectivity index (χ0) is 3.41. The number of hydrogen-bond donors (Lipinski definition) is 2. The Morgan fingerprint density at radius 3 is 1.38 bits per heavy atom. The Kier molecular flexibility index (Phi) is 144. The van der Waals surface area contributed by atoms with Crippen molar-refractivity contribution < 1.29 is 29.9 Å². The molecule has 0 heterocycles. The third-order valence-electron chi connectivity index (χ3n) is 0.129. The van der Waals surface area contributed by atoms with E-state index in [1.54, 1.807) is 0 Å². The van der Waals surface area contributed by atoms with Gasteiger partial charge in [0.15, 0.2) is 0 Å². The fourth-order valence-corrected chi connectivity index (χ4v) is 0. The van der Waals surface area contributed by atoms with Gasteiger partial charge in [-0.05, 0) is 0 Å². The molecule has 0 atom stereocenters. The van der Waals surface area contributed by atoms with Gasteiger partial charge in [-0.15, -0.1) is 12.4 Å². The molecule has 3 N–H and O–H groups in total. The van der Waals surface area contributed by atoms with Crippen LogP contribution in [-0.2, 0) is 0 Å². The van der Waals surface area contributed by atoms with E-state index in [1.807, 2.05) is 0 Å². The molecule has 0 bridgehead atoms. The normalized spacial score (nSPS) is 3.75. The maximum Gasteiger partial charge on any atom is 2.00 e. The molecule has 0 aliphatic carbocycles. The van der Waals surface area contributed by atoms with Crippen LogP contribution >= 0.6 is 12.4 Å². The van der Waals surface area contributed by atoms with E-state index in [4.69, 9.17) is 10.8 Å². The van der Waals surface area contributed by atoms with E-state index in [0.717, 1.165) is 0 Å². The molecule has 0 fully saturated rings. The minimum absolute atomic E-state index is 0. The first-order valence-corrected chi connectivity index (χ1v) is 1.22. The van der Waals surface area contributed by atoms with Crippen LogP contribution in [0.2, 0.25) is 0 Å². The van der Waals surface area contributed by atoms with Crippen LogP contribution in [0, 0.1) is 0 Å². The molecule has 0 aromatic heterocycles. The molecule has 8 heavy (non-hydrogen) atoms. The second-order valence-electron chi connectivity index (χ2n) is 0.512. The van der Waals surface area contributed by atoms with Gasteiger partial charge >= 0.3 is 37.7 Å². The monoisotopic (exact) mass is 207 g/mol. The molecule has 2 nitrogen and oxygen atoms in total. The summed E-state index contributed by atoms with van der Waals surface area (Å²) in [7, 11) is 0. The van der Waals surface area contributed by atoms with E-state index < -0.39 is 0 Å². The summed E-state index contributed by atoms with van der Waals surface area (Å²) in [6, 6.07) is 0. The van der Waals surface area contributed by atoms with Crippen molar-refractivity contribution >= 4 is 50.1 Å². The summed E-state index contributed by atoms with van der Waals surface area (Å²) in [5, 5.41) is 7.75. The Balaban J connectivity index is -0.00000000750. The summed E-state index contributed by atoms with van der Waals surface area (Å²) in [5.74, 6) is 0. The van der Waals surface area contributed by atoms with E-state index in [9.17, 15) is 0 Å². The minimum Gasteiger partial charge on any atom is -1.00 e. The summed E-state index contributed by atoms with van der Waals surface area (Å²) in [6.07, 6.45) is 0. The zero-order valence-corrected chi connectivity index (χ0v) is 8.85. The number of hydrogen-bond acceptors (Lipinski definition) is 2. The van der Waals surface area contributed by atoms with E-state index in [-0.39, 0.29) is 81.6 Å². The first-order chi connectivity index (χ1) is 1.91. The molecule has 0 rings (SSSR count). The standard InChI is InChI=1S/C2H7NO.Ca.3ClH/c3-1-2-4;;;;/h4H,1-3H2;;3*1H/q;+2;;;/p-2. The van der Waals surface area contributed by atoms with Crippen LogP contribution in [-0.4, -0.2) is 56.0 Å². The quantitative estimate of drug-likeness (QED) is 0.421. The molecular formula is C2H8CaCl3NO. The van der Waals surface area contributed by atoms with Crippen LogP contribution in [0.4, 0.5) is 0 Å². The maximum atomic E-state index is 7.75. The smallest absolute Gasteiger partial charge is 1.00 e. The fourth-order valence-electron chi connectivity index (χ4n) is 0. The molecule has 0 saturated heterocycles. The Labute approximate surface area is 97.8 Å². The average molecular weight is 209 g/mol. The van der Waals surface area contributed by atoms with E-state index >= 15 is 0 Å². The molecule has 0 saturated carbocycles. The molecule has 50 valence electrons. The van der Waals surface area contributed by atoms with Crippen molar-refractivity contribution in [2.24, 2.45) is 5.73 Å². The predicted molar refractivity (Wildman–Crippen MR) is 29.1 cm³/mol. The Morgan fingerprint density at radius 2 is 1.38 bits per heavy atom. The van der Waals surface area contributed by atoms with Crippen molar-refractivity contribution in [1.29, 1.82) is 0 Å². The van der Waals surface area contributed by atoms with Crippen molar-refractivity contribution in [2.75, 3.05) is 13.2 Å². The molecule has 0 aromatic carbocycles. The van der Waals surface area contributed by atoms with E-state index in [1.165, 1.54) is 0 Å². The van der Waals surface area contributed by atoms with Crippen LogP contribution in [0.15, 0.2) is 0 Å². The van der Waals surface area contributed by atoms with Gasteiger partial charge in [-0.3, -0.25) is 0 Å². The Morgan fingerprint density at radius 1 is 1.25 bits per heavy atom. The van der Waals surface area contributed by atoms with Gasteiger partial charge in [0, 0.05) is 6.54 Å². The first kappa shape index (κ1) is 32.3. The number of nitrogens with two attached hydrogens (primary N) is 1. The number of aliphatic hydroxyl groups excluding tert-OH is 1. The minimum atomic E-state index is 0. The molecule has 0 spiro atoms. The van der Waals surface area contributed by atoms with Gasteiger partial charge in [0.05, 0.1) is 6.61 Å². The van der Waals surface area contributed by atoms with Crippen LogP contribution in [0.1, 0.15) is 0 Å². The number of rotatable bonds is 1. The van der Waals surface area contributed by atoms with Crippen molar-refractivity contribution in [3.63, 3.8) is 0 Å². The zero-order valence-electron chi connectivity index (χ0n) is 4.31. The second kappa shape index (κ2) is 35.8. The van der Waals surface area contributed by atoms with Crippen molar-refractivity contribution in [3.8, 4) is 0 Å². The third-order valence-corrected chi connectivity index (χ3v) is 0.129. The summed E-state index contributed by atoms with van der Waals surface area (Å²) < 4.78 is 0.